The number of rotatable bonds is 4. The number of hydrogen-bond donors (Lipinski definition) is 1. The van der Waals surface area contributed by atoms with Gasteiger partial charge in [0.2, 0.25) is 5.91 Å². The third kappa shape index (κ3) is 5.65. The maximum absolute atomic E-state index is 11.6. The molecule has 2 heterocycles. The van der Waals surface area contributed by atoms with E-state index in [0.29, 0.717) is 42.3 Å². The van der Waals surface area contributed by atoms with Gasteiger partial charge in [0.25, 0.3) is 0 Å². The third-order valence-corrected chi connectivity index (χ3v) is 4.30. The summed E-state index contributed by atoms with van der Waals surface area (Å²) in [6.45, 7) is 2.83. The molecule has 0 fully saturated rings. The zero-order valence-corrected chi connectivity index (χ0v) is 16.1. The molecule has 3 aromatic rings. The van der Waals surface area contributed by atoms with Crippen molar-refractivity contribution in [1.29, 1.82) is 0 Å². The number of ketones is 1. The number of pyridine rings is 1. The highest BCUT2D eigenvalue weighted by molar-refractivity contribution is 5.99. The molecule has 4 rings (SSSR count). The molecule has 6 nitrogen and oxygen atoms in total. The number of benzene rings is 2. The SMILES string of the molecule is Cc1cccc(C(N)=O)c1.O=C1CCOc2cc(OCc3ccncc3)ccc21. The molecule has 0 atom stereocenters. The Kier molecular flexibility index (Phi) is 6.58. The number of Topliss-reactive ketones (excluding diaryl/α,β-unsaturated/α-hetero) is 1. The number of ether oxygens (including phenoxy) is 2. The second kappa shape index (κ2) is 9.50. The van der Waals surface area contributed by atoms with Gasteiger partial charge in [-0.2, -0.15) is 0 Å². The monoisotopic (exact) mass is 390 g/mol. The molecule has 1 aliphatic rings. The highest BCUT2D eigenvalue weighted by Crippen LogP contribution is 2.29. The number of aryl methyl sites for hydroxylation is 1. The fourth-order valence-electron chi connectivity index (χ4n) is 2.77. The van der Waals surface area contributed by atoms with Crippen LogP contribution in [0.15, 0.2) is 67.0 Å². The Labute approximate surface area is 169 Å². The van der Waals surface area contributed by atoms with Gasteiger partial charge in [-0.1, -0.05) is 17.7 Å². The van der Waals surface area contributed by atoms with Crippen molar-refractivity contribution < 1.29 is 19.1 Å². The van der Waals surface area contributed by atoms with Crippen molar-refractivity contribution in [2.24, 2.45) is 5.73 Å². The normalized spacial score (nSPS) is 12.1. The summed E-state index contributed by atoms with van der Waals surface area (Å²) in [6, 6.07) is 16.3. The summed E-state index contributed by atoms with van der Waals surface area (Å²) in [4.78, 5) is 26.2. The van der Waals surface area contributed by atoms with Crippen LogP contribution < -0.4 is 15.2 Å². The lowest BCUT2D eigenvalue weighted by atomic mass is 10.1. The van der Waals surface area contributed by atoms with E-state index in [4.69, 9.17) is 15.2 Å². The summed E-state index contributed by atoms with van der Waals surface area (Å²) in [6.07, 6.45) is 3.91. The van der Waals surface area contributed by atoms with Crippen molar-refractivity contribution in [3.63, 3.8) is 0 Å². The summed E-state index contributed by atoms with van der Waals surface area (Å²) in [5, 5.41) is 0. The number of nitrogens with two attached hydrogens (primary N) is 1. The van der Waals surface area contributed by atoms with Gasteiger partial charge in [0, 0.05) is 30.4 Å². The summed E-state index contributed by atoms with van der Waals surface area (Å²) < 4.78 is 11.2. The van der Waals surface area contributed by atoms with Crippen molar-refractivity contribution in [1.82, 2.24) is 4.98 Å². The molecule has 0 saturated carbocycles. The molecule has 0 aliphatic carbocycles. The minimum Gasteiger partial charge on any atom is -0.492 e. The van der Waals surface area contributed by atoms with Crippen molar-refractivity contribution >= 4 is 11.7 Å². The first-order valence-electron chi connectivity index (χ1n) is 9.21. The van der Waals surface area contributed by atoms with E-state index >= 15 is 0 Å². The standard InChI is InChI=1S/C15H13NO3.C8H9NO/c17-14-5-8-18-15-9-12(1-2-13(14)15)19-10-11-3-6-16-7-4-11;1-6-3-2-4-7(5-6)8(9)10/h1-4,6-7,9H,5,8,10H2;2-5H,1H3,(H2,9,10). The van der Waals surface area contributed by atoms with E-state index in [1.54, 1.807) is 42.7 Å². The molecular formula is C23H22N2O4. The van der Waals surface area contributed by atoms with Crippen LogP contribution in [0.2, 0.25) is 0 Å². The Bertz CT molecular complexity index is 1000. The van der Waals surface area contributed by atoms with Crippen LogP contribution >= 0.6 is 0 Å². The van der Waals surface area contributed by atoms with Crippen LogP contribution in [0.4, 0.5) is 0 Å². The lowest BCUT2D eigenvalue weighted by Gasteiger charge is -2.17. The first kappa shape index (κ1) is 20.1. The average molecular weight is 390 g/mol. The molecule has 0 bridgehead atoms. The summed E-state index contributed by atoms with van der Waals surface area (Å²) in [7, 11) is 0. The van der Waals surface area contributed by atoms with Crippen LogP contribution in [0.5, 0.6) is 11.5 Å². The zero-order chi connectivity index (χ0) is 20.6. The summed E-state index contributed by atoms with van der Waals surface area (Å²) in [5.74, 6) is 1.07. The van der Waals surface area contributed by atoms with Gasteiger partial charge < -0.3 is 15.2 Å². The Morgan fingerprint density at radius 3 is 2.62 bits per heavy atom. The van der Waals surface area contributed by atoms with E-state index in [1.165, 1.54) is 0 Å². The predicted octanol–water partition coefficient (Wildman–Crippen LogP) is 3.72. The van der Waals surface area contributed by atoms with E-state index < -0.39 is 0 Å². The Balaban J connectivity index is 0.000000204. The molecule has 2 N–H and O–H groups in total. The average Bonchev–Trinajstić information content (AvgIpc) is 2.73. The fourth-order valence-corrected chi connectivity index (χ4v) is 2.77. The van der Waals surface area contributed by atoms with Crippen molar-refractivity contribution in [2.45, 2.75) is 20.0 Å². The van der Waals surface area contributed by atoms with Crippen LogP contribution in [0.25, 0.3) is 0 Å². The molecule has 148 valence electrons. The molecule has 2 aromatic carbocycles. The minimum absolute atomic E-state index is 0.127. The molecule has 1 amide bonds. The molecular weight excluding hydrogens is 368 g/mol. The number of hydrogen-bond acceptors (Lipinski definition) is 5. The second-order valence-electron chi connectivity index (χ2n) is 6.56. The molecule has 0 radical (unpaired) electrons. The Morgan fingerprint density at radius 1 is 1.14 bits per heavy atom. The molecule has 1 aromatic heterocycles. The van der Waals surface area contributed by atoms with Crippen LogP contribution in [-0.2, 0) is 6.61 Å². The highest BCUT2D eigenvalue weighted by Gasteiger charge is 2.18. The van der Waals surface area contributed by atoms with Crippen LogP contribution in [0.1, 0.15) is 38.3 Å². The van der Waals surface area contributed by atoms with Gasteiger partial charge in [0.1, 0.15) is 18.1 Å². The topological polar surface area (TPSA) is 91.5 Å². The van der Waals surface area contributed by atoms with Gasteiger partial charge in [-0.25, -0.2) is 0 Å². The smallest absolute Gasteiger partial charge is 0.248 e. The number of amides is 1. The van der Waals surface area contributed by atoms with Gasteiger partial charge in [-0.15, -0.1) is 0 Å². The van der Waals surface area contributed by atoms with Gasteiger partial charge in [0.05, 0.1) is 12.2 Å². The van der Waals surface area contributed by atoms with Gasteiger partial charge >= 0.3 is 0 Å². The molecule has 6 heteroatoms. The third-order valence-electron chi connectivity index (χ3n) is 4.30. The number of nitrogens with zero attached hydrogens (tertiary/aromatic N) is 1. The van der Waals surface area contributed by atoms with E-state index in [1.807, 2.05) is 31.2 Å². The predicted molar refractivity (Wildman–Crippen MR) is 109 cm³/mol. The maximum atomic E-state index is 11.6. The van der Waals surface area contributed by atoms with Gasteiger partial charge in [-0.3, -0.25) is 14.6 Å². The van der Waals surface area contributed by atoms with Gasteiger partial charge in [-0.05, 0) is 48.9 Å². The first-order chi connectivity index (χ1) is 14.0. The van der Waals surface area contributed by atoms with E-state index in [-0.39, 0.29) is 11.7 Å². The maximum Gasteiger partial charge on any atom is 0.248 e. The van der Waals surface area contributed by atoms with E-state index in [2.05, 4.69) is 4.98 Å². The van der Waals surface area contributed by atoms with E-state index in [0.717, 1.165) is 11.1 Å². The molecule has 0 saturated heterocycles. The Hall–Kier alpha value is -3.67. The Morgan fingerprint density at radius 2 is 1.93 bits per heavy atom. The molecule has 0 spiro atoms. The largest absolute Gasteiger partial charge is 0.492 e. The number of carbonyl (C=O) groups excluding carboxylic acids is 2. The highest BCUT2D eigenvalue weighted by atomic mass is 16.5. The number of fused-ring (bicyclic) bond motifs is 1. The molecule has 29 heavy (non-hydrogen) atoms. The molecule has 0 unspecified atom stereocenters. The second-order valence-corrected chi connectivity index (χ2v) is 6.56. The zero-order valence-electron chi connectivity index (χ0n) is 16.1. The van der Waals surface area contributed by atoms with Crippen LogP contribution in [0.3, 0.4) is 0 Å². The minimum atomic E-state index is -0.372. The summed E-state index contributed by atoms with van der Waals surface area (Å²) >= 11 is 0. The lowest BCUT2D eigenvalue weighted by Crippen LogP contribution is -2.15. The number of carbonyl (C=O) groups is 2. The molecule has 1 aliphatic heterocycles. The number of aromatic nitrogens is 1. The van der Waals surface area contributed by atoms with Crippen molar-refractivity contribution in [2.75, 3.05) is 6.61 Å². The van der Waals surface area contributed by atoms with Crippen LogP contribution in [0, 0.1) is 6.92 Å². The quantitative estimate of drug-likeness (QED) is 0.733. The lowest BCUT2D eigenvalue weighted by molar-refractivity contribution is 0.0932. The number of primary amides is 1. The fraction of sp³-hybridized carbons (Fsp3) is 0.174. The van der Waals surface area contributed by atoms with Crippen LogP contribution in [-0.4, -0.2) is 23.3 Å². The van der Waals surface area contributed by atoms with Crippen molar-refractivity contribution in [3.8, 4) is 11.5 Å². The van der Waals surface area contributed by atoms with E-state index in [9.17, 15) is 9.59 Å². The van der Waals surface area contributed by atoms with Crippen molar-refractivity contribution in [3.05, 3.63) is 89.2 Å². The first-order valence-corrected chi connectivity index (χ1v) is 9.21. The summed E-state index contributed by atoms with van der Waals surface area (Å²) in [5.41, 5.74) is 8.35. The van der Waals surface area contributed by atoms with Gasteiger partial charge in [0.15, 0.2) is 5.78 Å².